The first kappa shape index (κ1) is 24.2. The van der Waals surface area contributed by atoms with Crippen LogP contribution in [0.1, 0.15) is 18.2 Å². The number of carbonyl (C=O) groups is 1. The molecular weight excluding hydrogens is 487 g/mol. The maximum absolute atomic E-state index is 13.2. The van der Waals surface area contributed by atoms with E-state index in [4.69, 9.17) is 4.74 Å². The van der Waals surface area contributed by atoms with Crippen LogP contribution in [0.25, 0.3) is 27.0 Å². The van der Waals surface area contributed by atoms with Crippen LogP contribution in [0.5, 0.6) is 5.75 Å². The number of aromatic nitrogens is 3. The van der Waals surface area contributed by atoms with E-state index in [0.29, 0.717) is 36.5 Å². The lowest BCUT2D eigenvalue weighted by Crippen LogP contribution is -2.40. The number of benzene rings is 2. The summed E-state index contributed by atoms with van der Waals surface area (Å²) in [6, 6.07) is 10.0. The van der Waals surface area contributed by atoms with Crippen LogP contribution in [0, 0.1) is 6.92 Å². The van der Waals surface area contributed by atoms with E-state index in [0.717, 1.165) is 24.1 Å². The summed E-state index contributed by atoms with van der Waals surface area (Å²) in [5.74, 6) is -0.884. The van der Waals surface area contributed by atoms with Crippen molar-refractivity contribution in [3.05, 3.63) is 74.6 Å². The number of ether oxygens (including phenoxy) is 1. The van der Waals surface area contributed by atoms with Crippen molar-refractivity contribution in [3.8, 4) is 22.7 Å². The zero-order valence-corrected chi connectivity index (χ0v) is 19.4. The first-order chi connectivity index (χ1) is 16.4. The van der Waals surface area contributed by atoms with Crippen molar-refractivity contribution in [1.82, 2.24) is 13.5 Å². The van der Waals surface area contributed by atoms with Crippen molar-refractivity contribution in [1.29, 1.82) is 0 Å². The molecule has 0 aliphatic heterocycles. The van der Waals surface area contributed by atoms with Crippen LogP contribution in [0.15, 0.2) is 52.1 Å². The van der Waals surface area contributed by atoms with Gasteiger partial charge in [0, 0.05) is 24.1 Å². The lowest BCUT2D eigenvalue weighted by molar-refractivity contribution is -0.144. The van der Waals surface area contributed by atoms with Crippen LogP contribution in [-0.4, -0.2) is 30.7 Å². The average Bonchev–Trinajstić information content (AvgIpc) is 3.20. The van der Waals surface area contributed by atoms with Gasteiger partial charge in [-0.1, -0.05) is 11.6 Å². The fourth-order valence-corrected chi connectivity index (χ4v) is 4.34. The highest BCUT2D eigenvalue weighted by atomic mass is 32.1. The molecule has 1 atom stereocenters. The van der Waals surface area contributed by atoms with Crippen molar-refractivity contribution < 1.29 is 27.8 Å². The number of halogens is 3. The zero-order chi connectivity index (χ0) is 25.7. The first-order valence-corrected chi connectivity index (χ1v) is 11.0. The van der Waals surface area contributed by atoms with Crippen molar-refractivity contribution in [2.75, 3.05) is 0 Å². The third kappa shape index (κ3) is 4.44. The topological polar surface area (TPSA) is 103 Å². The predicted molar refractivity (Wildman–Crippen MR) is 123 cm³/mol. The number of aliphatic carboxylic acids is 1. The number of carboxylic acid groups (broad SMARTS) is 1. The summed E-state index contributed by atoms with van der Waals surface area (Å²) in [6.07, 6.45) is -6.00. The molecule has 2 aromatic carbocycles. The molecule has 1 N–H and O–H groups in total. The molecule has 8 nitrogen and oxygen atoms in total. The molecule has 2 aromatic heterocycles. The van der Waals surface area contributed by atoms with Gasteiger partial charge < -0.3 is 9.84 Å². The summed E-state index contributed by atoms with van der Waals surface area (Å²) in [6.45, 7) is 3.22. The molecule has 4 aromatic rings. The zero-order valence-electron chi connectivity index (χ0n) is 18.6. The van der Waals surface area contributed by atoms with Crippen molar-refractivity contribution in [2.24, 2.45) is 7.05 Å². The van der Waals surface area contributed by atoms with Crippen molar-refractivity contribution in [2.45, 2.75) is 26.1 Å². The van der Waals surface area contributed by atoms with E-state index in [1.54, 1.807) is 24.3 Å². The van der Waals surface area contributed by atoms with E-state index in [1.807, 2.05) is 6.92 Å². The summed E-state index contributed by atoms with van der Waals surface area (Å²) in [5.41, 5.74) is -1.80. The second-order valence-electron chi connectivity index (χ2n) is 7.85. The van der Waals surface area contributed by atoms with Crippen LogP contribution in [0.4, 0.5) is 13.2 Å². The fraction of sp³-hybridized carbons (Fsp3) is 0.217. The molecule has 0 amide bonds. The Bertz CT molecular complexity index is 1590. The molecular formula is C23H18F3N3O5S. The Morgan fingerprint density at radius 1 is 1.14 bits per heavy atom. The van der Waals surface area contributed by atoms with Crippen LogP contribution >= 0.6 is 11.5 Å². The van der Waals surface area contributed by atoms with Gasteiger partial charge in [0.25, 0.3) is 5.56 Å². The molecule has 0 saturated carbocycles. The van der Waals surface area contributed by atoms with E-state index in [9.17, 15) is 32.7 Å². The minimum absolute atomic E-state index is 0.0623. The lowest BCUT2D eigenvalue weighted by atomic mass is 10.0. The van der Waals surface area contributed by atoms with E-state index in [1.165, 1.54) is 19.1 Å². The molecule has 0 aliphatic rings. The van der Waals surface area contributed by atoms with Gasteiger partial charge in [0.05, 0.1) is 16.1 Å². The molecule has 2 heterocycles. The van der Waals surface area contributed by atoms with Gasteiger partial charge in [0.1, 0.15) is 11.4 Å². The smallest absolute Gasteiger partial charge is 0.431 e. The SMILES string of the molecule is Cc1ccc(O[C@H](C)C(=O)O)c(-c2nsc3ccc(-n4c(=O)cc(C(F)(F)F)n(C)c4=O)cc23)c1. The van der Waals surface area contributed by atoms with Gasteiger partial charge in [-0.15, -0.1) is 0 Å². The fourth-order valence-electron chi connectivity index (χ4n) is 3.57. The molecule has 0 fully saturated rings. The van der Waals surface area contributed by atoms with Crippen LogP contribution in [0.3, 0.4) is 0 Å². The van der Waals surface area contributed by atoms with Gasteiger partial charge in [-0.3, -0.25) is 9.36 Å². The summed E-state index contributed by atoms with van der Waals surface area (Å²) >= 11 is 1.13. The van der Waals surface area contributed by atoms with Gasteiger partial charge in [0.2, 0.25) is 0 Å². The molecule has 0 saturated heterocycles. The molecule has 0 aliphatic carbocycles. The highest BCUT2D eigenvalue weighted by Crippen LogP contribution is 2.38. The second kappa shape index (κ2) is 8.69. The third-order valence-corrected chi connectivity index (χ3v) is 6.19. The van der Waals surface area contributed by atoms with E-state index in [-0.39, 0.29) is 11.4 Å². The summed E-state index contributed by atoms with van der Waals surface area (Å²) < 4.78 is 51.4. The number of hydrogen-bond acceptors (Lipinski definition) is 6. The Morgan fingerprint density at radius 2 is 1.86 bits per heavy atom. The number of nitrogens with zero attached hydrogens (tertiary/aromatic N) is 3. The minimum atomic E-state index is -4.87. The molecule has 182 valence electrons. The van der Waals surface area contributed by atoms with E-state index >= 15 is 0 Å². The van der Waals surface area contributed by atoms with Crippen molar-refractivity contribution >= 4 is 27.6 Å². The minimum Gasteiger partial charge on any atom is -0.479 e. The molecule has 0 radical (unpaired) electrons. The van der Waals surface area contributed by atoms with Gasteiger partial charge in [-0.25, -0.2) is 14.2 Å². The monoisotopic (exact) mass is 505 g/mol. The number of aryl methyl sites for hydroxylation is 1. The highest BCUT2D eigenvalue weighted by molar-refractivity contribution is 7.13. The second-order valence-corrected chi connectivity index (χ2v) is 8.66. The normalized spacial score (nSPS) is 12.6. The average molecular weight is 505 g/mol. The van der Waals surface area contributed by atoms with E-state index in [2.05, 4.69) is 4.37 Å². The standard InChI is InChI=1S/C23H18F3N3O5S/c1-11-4-6-16(34-12(2)21(31)32)14(8-11)20-15-9-13(5-7-17(15)35-27-20)29-19(30)10-18(23(24,25)26)28(3)22(29)33/h4-10,12H,1-3H3,(H,31,32)/t12-/m1/s1. The Hall–Kier alpha value is -3.93. The van der Waals surface area contributed by atoms with Crippen LogP contribution in [-0.2, 0) is 18.0 Å². The highest BCUT2D eigenvalue weighted by Gasteiger charge is 2.35. The number of fused-ring (bicyclic) bond motifs is 1. The summed E-state index contributed by atoms with van der Waals surface area (Å²) in [7, 11) is 0.942. The molecule has 0 bridgehead atoms. The Labute approximate surface area is 199 Å². The lowest BCUT2D eigenvalue weighted by Gasteiger charge is -2.15. The summed E-state index contributed by atoms with van der Waals surface area (Å²) in [5, 5.41) is 9.74. The Morgan fingerprint density at radius 3 is 2.51 bits per heavy atom. The molecule has 35 heavy (non-hydrogen) atoms. The van der Waals surface area contributed by atoms with Gasteiger partial charge in [-0.2, -0.15) is 17.5 Å². The number of alkyl halides is 3. The molecule has 0 spiro atoms. The van der Waals surface area contributed by atoms with Gasteiger partial charge in [-0.05, 0) is 55.7 Å². The van der Waals surface area contributed by atoms with Crippen LogP contribution < -0.4 is 16.0 Å². The predicted octanol–water partition coefficient (Wildman–Crippen LogP) is 3.99. The Kier molecular flexibility index (Phi) is 6.01. The van der Waals surface area contributed by atoms with Crippen LogP contribution in [0.2, 0.25) is 0 Å². The molecule has 12 heteroatoms. The van der Waals surface area contributed by atoms with Crippen molar-refractivity contribution in [3.63, 3.8) is 0 Å². The number of hydrogen-bond donors (Lipinski definition) is 1. The third-order valence-electron chi connectivity index (χ3n) is 5.36. The summed E-state index contributed by atoms with van der Waals surface area (Å²) in [4.78, 5) is 36.5. The molecule has 0 unspecified atom stereocenters. The Balaban J connectivity index is 1.91. The van der Waals surface area contributed by atoms with Gasteiger partial charge in [0.15, 0.2) is 6.10 Å². The number of carboxylic acids is 1. The maximum Gasteiger partial charge on any atom is 0.431 e. The quantitative estimate of drug-likeness (QED) is 0.440. The largest absolute Gasteiger partial charge is 0.479 e. The molecule has 4 rings (SSSR count). The van der Waals surface area contributed by atoms with E-state index < -0.39 is 35.2 Å². The number of rotatable bonds is 5. The first-order valence-electron chi connectivity index (χ1n) is 10.2. The maximum atomic E-state index is 13.2. The van der Waals surface area contributed by atoms with Gasteiger partial charge >= 0.3 is 17.8 Å².